The van der Waals surface area contributed by atoms with Gasteiger partial charge in [0, 0.05) is 44.5 Å². The fraction of sp³-hybridized carbons (Fsp3) is 0. The quantitative estimate of drug-likeness (QED) is 0.163. The first-order chi connectivity index (χ1) is 28.7. The van der Waals surface area contributed by atoms with Gasteiger partial charge in [-0.1, -0.05) is 152 Å². The molecule has 11 aromatic rings. The Bertz CT molecular complexity index is 3250. The highest BCUT2D eigenvalue weighted by molar-refractivity contribution is 6.25. The van der Waals surface area contributed by atoms with Crippen molar-refractivity contribution < 1.29 is 4.42 Å². The van der Waals surface area contributed by atoms with Crippen LogP contribution in [0.15, 0.2) is 211 Å². The fourth-order valence-corrected chi connectivity index (χ4v) is 8.19. The van der Waals surface area contributed by atoms with E-state index in [9.17, 15) is 0 Å². The van der Waals surface area contributed by atoms with Gasteiger partial charge in [-0.3, -0.25) is 0 Å². The third kappa shape index (κ3) is 5.85. The summed E-state index contributed by atoms with van der Waals surface area (Å²) in [5.74, 6) is 1.82. The first-order valence-corrected chi connectivity index (χ1v) is 19.4. The smallest absolute Gasteiger partial charge is 0.164 e. The Morgan fingerprint density at radius 2 is 0.914 bits per heavy atom. The Morgan fingerprint density at radius 3 is 1.67 bits per heavy atom. The molecule has 272 valence electrons. The zero-order valence-electron chi connectivity index (χ0n) is 31.3. The standard InChI is InChI=1S/C53H34N4O/c1-4-17-36(18-5-1)51-54-52(39-31-30-35-16-10-11-19-37(35)32-39)56-53(55-51)45-28-15-29-47-50(45)49-44-27-13-12-26-43(44)46(34-48(49)58-47)38-20-14-25-42(33-38)57(40-21-6-2-7-22-40)41-23-8-3-9-24-41/h1-34H. The van der Waals surface area contributed by atoms with Crippen LogP contribution in [0.25, 0.3) is 88.8 Å². The van der Waals surface area contributed by atoms with Gasteiger partial charge in [0.1, 0.15) is 11.2 Å². The van der Waals surface area contributed by atoms with E-state index in [1.54, 1.807) is 0 Å². The van der Waals surface area contributed by atoms with Gasteiger partial charge in [-0.05, 0) is 87.3 Å². The molecule has 0 N–H and O–H groups in total. The molecule has 2 aromatic heterocycles. The van der Waals surface area contributed by atoms with E-state index < -0.39 is 0 Å². The summed E-state index contributed by atoms with van der Waals surface area (Å²) in [7, 11) is 0. The van der Waals surface area contributed by atoms with Gasteiger partial charge in [0.15, 0.2) is 17.5 Å². The van der Waals surface area contributed by atoms with Gasteiger partial charge in [0.2, 0.25) is 0 Å². The molecule has 0 saturated heterocycles. The van der Waals surface area contributed by atoms with E-state index in [0.717, 1.165) is 83.0 Å². The summed E-state index contributed by atoms with van der Waals surface area (Å²) < 4.78 is 6.80. The molecule has 0 saturated carbocycles. The highest BCUT2D eigenvalue weighted by atomic mass is 16.3. The van der Waals surface area contributed by atoms with E-state index in [2.05, 4.69) is 169 Å². The summed E-state index contributed by atoms with van der Waals surface area (Å²) in [6, 6.07) is 71.6. The Kier molecular flexibility index (Phi) is 8.07. The highest BCUT2D eigenvalue weighted by Gasteiger charge is 2.22. The molecule has 0 aliphatic carbocycles. The lowest BCUT2D eigenvalue weighted by Gasteiger charge is -2.26. The number of para-hydroxylation sites is 2. The summed E-state index contributed by atoms with van der Waals surface area (Å²) in [6.07, 6.45) is 0. The normalized spacial score (nSPS) is 11.4. The number of hydrogen-bond donors (Lipinski definition) is 0. The Labute approximate surface area is 335 Å². The van der Waals surface area contributed by atoms with Crippen LogP contribution in [-0.4, -0.2) is 15.0 Å². The number of aromatic nitrogens is 3. The number of benzene rings is 9. The molecule has 0 aliphatic rings. The largest absolute Gasteiger partial charge is 0.456 e. The number of hydrogen-bond acceptors (Lipinski definition) is 5. The van der Waals surface area contributed by atoms with Crippen molar-refractivity contribution in [2.24, 2.45) is 0 Å². The third-order valence-corrected chi connectivity index (χ3v) is 10.9. The van der Waals surface area contributed by atoms with Crippen molar-refractivity contribution in [3.8, 4) is 45.3 Å². The van der Waals surface area contributed by atoms with Crippen molar-refractivity contribution in [2.75, 3.05) is 4.90 Å². The maximum absolute atomic E-state index is 6.80. The molecule has 2 heterocycles. The molecular formula is C53H34N4O. The van der Waals surface area contributed by atoms with E-state index in [0.29, 0.717) is 17.5 Å². The molecule has 0 amide bonds. The molecular weight excluding hydrogens is 709 g/mol. The van der Waals surface area contributed by atoms with Crippen LogP contribution in [0.4, 0.5) is 17.1 Å². The van der Waals surface area contributed by atoms with E-state index in [1.807, 2.05) is 42.5 Å². The van der Waals surface area contributed by atoms with E-state index in [4.69, 9.17) is 19.4 Å². The maximum atomic E-state index is 6.80. The Hall–Kier alpha value is -7.89. The average Bonchev–Trinajstić information content (AvgIpc) is 3.69. The molecule has 0 aliphatic heterocycles. The Morgan fingerprint density at radius 1 is 0.328 bits per heavy atom. The fourth-order valence-electron chi connectivity index (χ4n) is 8.19. The molecule has 5 heteroatoms. The van der Waals surface area contributed by atoms with Crippen molar-refractivity contribution in [1.82, 2.24) is 15.0 Å². The predicted molar refractivity (Wildman–Crippen MR) is 239 cm³/mol. The van der Waals surface area contributed by atoms with Gasteiger partial charge in [-0.15, -0.1) is 0 Å². The number of rotatable bonds is 7. The minimum atomic E-state index is 0.591. The van der Waals surface area contributed by atoms with Crippen molar-refractivity contribution in [1.29, 1.82) is 0 Å². The zero-order chi connectivity index (χ0) is 38.4. The van der Waals surface area contributed by atoms with Gasteiger partial charge in [-0.2, -0.15) is 0 Å². The SMILES string of the molecule is c1ccc(-c2nc(-c3ccc4ccccc4c3)nc(-c3cccc4oc5cc(-c6cccc(N(c7ccccc7)c7ccccc7)c6)c6ccccc6c5c34)n2)cc1. The second-order valence-electron chi connectivity index (χ2n) is 14.4. The van der Waals surface area contributed by atoms with Crippen LogP contribution in [0, 0.1) is 0 Å². The first-order valence-electron chi connectivity index (χ1n) is 19.4. The lowest BCUT2D eigenvalue weighted by molar-refractivity contribution is 0.669. The predicted octanol–water partition coefficient (Wildman–Crippen LogP) is 14.2. The van der Waals surface area contributed by atoms with E-state index >= 15 is 0 Å². The molecule has 11 rings (SSSR count). The lowest BCUT2D eigenvalue weighted by Crippen LogP contribution is -2.09. The number of fused-ring (bicyclic) bond motifs is 6. The van der Waals surface area contributed by atoms with Gasteiger partial charge in [0.05, 0.1) is 0 Å². The number of anilines is 3. The van der Waals surface area contributed by atoms with Gasteiger partial charge in [-0.25, -0.2) is 15.0 Å². The minimum absolute atomic E-state index is 0.591. The topological polar surface area (TPSA) is 55.1 Å². The molecule has 0 unspecified atom stereocenters. The third-order valence-electron chi connectivity index (χ3n) is 10.9. The van der Waals surface area contributed by atoms with Crippen LogP contribution in [0.3, 0.4) is 0 Å². The second-order valence-corrected chi connectivity index (χ2v) is 14.4. The van der Waals surface area contributed by atoms with Crippen LogP contribution < -0.4 is 4.90 Å². The minimum Gasteiger partial charge on any atom is -0.456 e. The zero-order valence-corrected chi connectivity index (χ0v) is 31.3. The molecule has 5 nitrogen and oxygen atoms in total. The molecule has 0 fully saturated rings. The average molecular weight is 743 g/mol. The van der Waals surface area contributed by atoms with Crippen LogP contribution in [-0.2, 0) is 0 Å². The molecule has 0 radical (unpaired) electrons. The lowest BCUT2D eigenvalue weighted by atomic mass is 9.93. The summed E-state index contributed by atoms with van der Waals surface area (Å²) >= 11 is 0. The summed E-state index contributed by atoms with van der Waals surface area (Å²) in [5.41, 5.74) is 9.76. The Balaban J connectivity index is 1.11. The summed E-state index contributed by atoms with van der Waals surface area (Å²) in [5, 5.41) is 6.54. The number of nitrogens with zero attached hydrogens (tertiary/aromatic N) is 4. The van der Waals surface area contributed by atoms with Crippen LogP contribution in [0.1, 0.15) is 0 Å². The van der Waals surface area contributed by atoms with Crippen LogP contribution in [0.5, 0.6) is 0 Å². The summed E-state index contributed by atoms with van der Waals surface area (Å²) in [6.45, 7) is 0. The molecule has 0 atom stereocenters. The molecule has 0 bridgehead atoms. The number of furan rings is 1. The van der Waals surface area contributed by atoms with Crippen molar-refractivity contribution >= 4 is 60.5 Å². The second kappa shape index (κ2) is 14.0. The van der Waals surface area contributed by atoms with Crippen molar-refractivity contribution in [2.45, 2.75) is 0 Å². The molecule has 58 heavy (non-hydrogen) atoms. The first kappa shape index (κ1) is 33.4. The van der Waals surface area contributed by atoms with E-state index in [1.165, 1.54) is 5.39 Å². The van der Waals surface area contributed by atoms with Gasteiger partial charge < -0.3 is 9.32 Å². The van der Waals surface area contributed by atoms with Crippen molar-refractivity contribution in [3.63, 3.8) is 0 Å². The monoisotopic (exact) mass is 742 g/mol. The van der Waals surface area contributed by atoms with Gasteiger partial charge >= 0.3 is 0 Å². The van der Waals surface area contributed by atoms with Gasteiger partial charge in [0.25, 0.3) is 0 Å². The summed E-state index contributed by atoms with van der Waals surface area (Å²) in [4.78, 5) is 17.7. The molecule has 0 spiro atoms. The van der Waals surface area contributed by atoms with E-state index in [-0.39, 0.29) is 0 Å². The highest BCUT2D eigenvalue weighted by Crippen LogP contribution is 2.44. The van der Waals surface area contributed by atoms with Crippen LogP contribution >= 0.6 is 0 Å². The molecule has 9 aromatic carbocycles. The van der Waals surface area contributed by atoms with Crippen LogP contribution in [0.2, 0.25) is 0 Å². The van der Waals surface area contributed by atoms with Crippen molar-refractivity contribution in [3.05, 3.63) is 206 Å². The maximum Gasteiger partial charge on any atom is 0.164 e.